The fraction of sp³-hybridized carbons (Fsp3) is 0.250. The minimum Gasteiger partial charge on any atom is -0.304 e. The highest BCUT2D eigenvalue weighted by Gasteiger charge is 2.00. The van der Waals surface area contributed by atoms with Gasteiger partial charge in [0.05, 0.1) is 5.69 Å². The van der Waals surface area contributed by atoms with Crippen LogP contribution in [0.3, 0.4) is 0 Å². The van der Waals surface area contributed by atoms with Gasteiger partial charge in [0.2, 0.25) is 5.28 Å². The lowest BCUT2D eigenvalue weighted by Gasteiger charge is -2.00. The zero-order chi connectivity index (χ0) is 9.80. The first-order valence-electron chi connectivity index (χ1n) is 4.14. The third kappa shape index (κ3) is 2.05. The van der Waals surface area contributed by atoms with Crippen LogP contribution >= 0.6 is 11.6 Å². The SMILES string of the molecule is Clc1nncn1CCc1cnccn1. The molecule has 0 fully saturated rings. The van der Waals surface area contributed by atoms with E-state index in [-0.39, 0.29) is 0 Å². The first-order chi connectivity index (χ1) is 6.86. The summed E-state index contributed by atoms with van der Waals surface area (Å²) < 4.78 is 1.76. The summed E-state index contributed by atoms with van der Waals surface area (Å²) in [7, 11) is 0. The number of aromatic nitrogens is 5. The molecule has 0 saturated carbocycles. The quantitative estimate of drug-likeness (QED) is 0.756. The minimum atomic E-state index is 0.397. The largest absolute Gasteiger partial charge is 0.304 e. The van der Waals surface area contributed by atoms with E-state index in [1.807, 2.05) is 0 Å². The standard InChI is InChI=1S/C8H8ClN5/c9-8-13-12-6-14(8)4-1-7-5-10-2-3-11-7/h2-3,5-6H,1,4H2. The third-order valence-electron chi connectivity index (χ3n) is 1.79. The molecular weight excluding hydrogens is 202 g/mol. The van der Waals surface area contributed by atoms with Gasteiger partial charge < -0.3 is 4.57 Å². The molecule has 6 heteroatoms. The monoisotopic (exact) mass is 209 g/mol. The fourth-order valence-corrected chi connectivity index (χ4v) is 1.26. The molecule has 0 aromatic carbocycles. The first-order valence-corrected chi connectivity index (χ1v) is 4.52. The molecule has 0 aliphatic heterocycles. The van der Waals surface area contributed by atoms with Gasteiger partial charge in [0.15, 0.2) is 0 Å². The lowest BCUT2D eigenvalue weighted by Crippen LogP contribution is -2.01. The van der Waals surface area contributed by atoms with Crippen LogP contribution in [-0.2, 0) is 13.0 Å². The van der Waals surface area contributed by atoms with Crippen LogP contribution in [0.25, 0.3) is 0 Å². The van der Waals surface area contributed by atoms with Gasteiger partial charge in [0, 0.05) is 31.6 Å². The van der Waals surface area contributed by atoms with E-state index < -0.39 is 0 Å². The van der Waals surface area contributed by atoms with E-state index in [0.717, 1.165) is 12.1 Å². The number of nitrogens with zero attached hydrogens (tertiary/aromatic N) is 5. The van der Waals surface area contributed by atoms with E-state index >= 15 is 0 Å². The molecule has 0 spiro atoms. The highest BCUT2D eigenvalue weighted by atomic mass is 35.5. The highest BCUT2D eigenvalue weighted by Crippen LogP contribution is 2.04. The van der Waals surface area contributed by atoms with Gasteiger partial charge in [-0.3, -0.25) is 9.97 Å². The second kappa shape index (κ2) is 4.15. The van der Waals surface area contributed by atoms with E-state index in [2.05, 4.69) is 20.2 Å². The average molecular weight is 210 g/mol. The third-order valence-corrected chi connectivity index (χ3v) is 2.09. The molecule has 2 rings (SSSR count). The summed E-state index contributed by atoms with van der Waals surface area (Å²) >= 11 is 5.76. The van der Waals surface area contributed by atoms with Crippen LogP contribution in [0.15, 0.2) is 24.9 Å². The molecule has 0 aliphatic carbocycles. The lowest BCUT2D eigenvalue weighted by molar-refractivity contribution is 0.681. The Morgan fingerprint density at radius 1 is 1.36 bits per heavy atom. The molecule has 0 amide bonds. The lowest BCUT2D eigenvalue weighted by atomic mass is 10.3. The highest BCUT2D eigenvalue weighted by molar-refractivity contribution is 6.28. The number of aryl methyl sites for hydroxylation is 2. The second-order valence-corrected chi connectivity index (χ2v) is 3.08. The van der Waals surface area contributed by atoms with Crippen molar-refractivity contribution in [2.45, 2.75) is 13.0 Å². The maximum Gasteiger partial charge on any atom is 0.224 e. The van der Waals surface area contributed by atoms with Crippen molar-refractivity contribution in [1.29, 1.82) is 0 Å². The van der Waals surface area contributed by atoms with Crippen molar-refractivity contribution in [1.82, 2.24) is 24.7 Å². The Bertz CT molecular complexity index is 399. The molecule has 2 aromatic rings. The van der Waals surface area contributed by atoms with Crippen LogP contribution in [0.4, 0.5) is 0 Å². The van der Waals surface area contributed by atoms with Gasteiger partial charge in [-0.15, -0.1) is 10.2 Å². The van der Waals surface area contributed by atoms with E-state index in [1.54, 1.807) is 29.5 Å². The van der Waals surface area contributed by atoms with E-state index in [0.29, 0.717) is 11.8 Å². The molecule has 0 saturated heterocycles. The Labute approximate surface area is 85.8 Å². The van der Waals surface area contributed by atoms with Crippen molar-refractivity contribution in [3.8, 4) is 0 Å². The summed E-state index contributed by atoms with van der Waals surface area (Å²) in [6.45, 7) is 0.713. The Morgan fingerprint density at radius 3 is 2.93 bits per heavy atom. The van der Waals surface area contributed by atoms with Gasteiger partial charge in [0.25, 0.3) is 0 Å². The Kier molecular flexibility index (Phi) is 2.69. The number of hydrogen-bond donors (Lipinski definition) is 0. The molecule has 0 unspecified atom stereocenters. The van der Waals surface area contributed by atoms with E-state index in [4.69, 9.17) is 11.6 Å². The zero-order valence-electron chi connectivity index (χ0n) is 7.34. The van der Waals surface area contributed by atoms with Crippen LogP contribution < -0.4 is 0 Å². The van der Waals surface area contributed by atoms with Gasteiger partial charge in [-0.05, 0) is 11.6 Å². The predicted octanol–water partition coefficient (Wildman–Crippen LogP) is 0.964. The first kappa shape index (κ1) is 9.08. The molecule has 0 aliphatic rings. The van der Waals surface area contributed by atoms with Crippen LogP contribution in [0.2, 0.25) is 5.28 Å². The Balaban J connectivity index is 1.99. The topological polar surface area (TPSA) is 56.5 Å². The average Bonchev–Trinajstić information content (AvgIpc) is 2.63. The molecule has 2 heterocycles. The van der Waals surface area contributed by atoms with Crippen molar-refractivity contribution in [3.05, 3.63) is 35.9 Å². The molecule has 0 N–H and O–H groups in total. The summed E-state index contributed by atoms with van der Waals surface area (Å²) in [5, 5.41) is 7.75. The second-order valence-electron chi connectivity index (χ2n) is 2.74. The number of hydrogen-bond acceptors (Lipinski definition) is 4. The van der Waals surface area contributed by atoms with Gasteiger partial charge in [-0.1, -0.05) is 0 Å². The molecule has 0 bridgehead atoms. The van der Waals surface area contributed by atoms with Gasteiger partial charge in [0.1, 0.15) is 6.33 Å². The van der Waals surface area contributed by atoms with Crippen LogP contribution in [0.5, 0.6) is 0 Å². The van der Waals surface area contributed by atoms with Crippen LogP contribution in [-0.4, -0.2) is 24.7 Å². The van der Waals surface area contributed by atoms with Crippen LogP contribution in [0, 0.1) is 0 Å². The van der Waals surface area contributed by atoms with E-state index in [1.165, 1.54) is 0 Å². The van der Waals surface area contributed by atoms with Crippen molar-refractivity contribution in [2.24, 2.45) is 0 Å². The number of halogens is 1. The summed E-state index contributed by atoms with van der Waals surface area (Å²) in [5.41, 5.74) is 0.928. The zero-order valence-corrected chi connectivity index (χ0v) is 8.09. The Morgan fingerprint density at radius 2 is 2.29 bits per heavy atom. The summed E-state index contributed by atoms with van der Waals surface area (Å²) in [6.07, 6.45) is 7.42. The van der Waals surface area contributed by atoms with E-state index in [9.17, 15) is 0 Å². The van der Waals surface area contributed by atoms with Crippen molar-refractivity contribution >= 4 is 11.6 Å². The van der Waals surface area contributed by atoms with Gasteiger partial charge in [-0.25, -0.2) is 0 Å². The predicted molar refractivity (Wildman–Crippen MR) is 50.8 cm³/mol. The smallest absolute Gasteiger partial charge is 0.224 e. The van der Waals surface area contributed by atoms with Crippen LogP contribution in [0.1, 0.15) is 5.69 Å². The van der Waals surface area contributed by atoms with Crippen molar-refractivity contribution in [3.63, 3.8) is 0 Å². The maximum atomic E-state index is 5.76. The van der Waals surface area contributed by atoms with Crippen molar-refractivity contribution in [2.75, 3.05) is 0 Å². The summed E-state index contributed by atoms with van der Waals surface area (Å²) in [4.78, 5) is 8.12. The molecule has 72 valence electrons. The molecule has 5 nitrogen and oxygen atoms in total. The van der Waals surface area contributed by atoms with Gasteiger partial charge >= 0.3 is 0 Å². The minimum absolute atomic E-state index is 0.397. The molecule has 0 atom stereocenters. The Hall–Kier alpha value is -1.49. The molecule has 0 radical (unpaired) electrons. The normalized spacial score (nSPS) is 10.4. The van der Waals surface area contributed by atoms with Crippen molar-refractivity contribution < 1.29 is 0 Å². The fourth-order valence-electron chi connectivity index (χ4n) is 1.08. The molecular formula is C8H8ClN5. The molecule has 2 aromatic heterocycles. The maximum absolute atomic E-state index is 5.76. The number of rotatable bonds is 3. The summed E-state index contributed by atoms with van der Waals surface area (Å²) in [5.74, 6) is 0. The van der Waals surface area contributed by atoms with Gasteiger partial charge in [-0.2, -0.15) is 0 Å². The molecule has 14 heavy (non-hydrogen) atoms. The summed E-state index contributed by atoms with van der Waals surface area (Å²) in [6, 6.07) is 0.